The van der Waals surface area contributed by atoms with E-state index >= 15 is 0 Å². The average molecular weight is 235 g/mol. The van der Waals surface area contributed by atoms with Crippen molar-refractivity contribution in [3.05, 3.63) is 46.3 Å². The normalized spacial score (nSPS) is 9.47. The predicted molar refractivity (Wildman–Crippen MR) is 58.2 cm³/mol. The van der Waals surface area contributed by atoms with E-state index in [-0.39, 0.29) is 16.8 Å². The molecule has 0 aliphatic rings. The average Bonchev–Trinajstić information content (AvgIpc) is 2.28. The maximum atomic E-state index is 11.5. The van der Waals surface area contributed by atoms with Crippen molar-refractivity contribution in [2.24, 2.45) is 0 Å². The zero-order valence-corrected chi connectivity index (χ0v) is 8.97. The number of nitrogens with one attached hydrogen (secondary N) is 1. The van der Waals surface area contributed by atoms with E-state index in [1.165, 1.54) is 6.92 Å². The first-order chi connectivity index (χ1) is 7.91. The number of nitrogens with zero attached hydrogens (tertiary/aromatic N) is 2. The van der Waals surface area contributed by atoms with Crippen molar-refractivity contribution in [3.8, 4) is 0 Å². The number of aromatic nitrogens is 1. The molecule has 2 amide bonds. The third-order valence-corrected chi connectivity index (χ3v) is 1.81. The molecule has 7 heteroatoms. The SMILES string of the molecule is C=C(C)C(=O)NC(=O)c1cncc([N+](=O)[O-])c1. The minimum Gasteiger partial charge on any atom is -0.288 e. The summed E-state index contributed by atoms with van der Waals surface area (Å²) in [4.78, 5) is 36.0. The van der Waals surface area contributed by atoms with Crippen LogP contribution in [0, 0.1) is 10.1 Å². The molecule has 1 N–H and O–H groups in total. The van der Waals surface area contributed by atoms with E-state index in [0.29, 0.717) is 0 Å². The number of amides is 2. The fraction of sp³-hybridized carbons (Fsp3) is 0.100. The van der Waals surface area contributed by atoms with Crippen molar-refractivity contribution in [3.63, 3.8) is 0 Å². The number of nitro groups is 1. The zero-order chi connectivity index (χ0) is 13.0. The van der Waals surface area contributed by atoms with Crippen LogP contribution in [-0.4, -0.2) is 21.7 Å². The number of carbonyl (C=O) groups is 2. The highest BCUT2D eigenvalue weighted by atomic mass is 16.6. The van der Waals surface area contributed by atoms with E-state index in [1.807, 2.05) is 5.32 Å². The van der Waals surface area contributed by atoms with Gasteiger partial charge >= 0.3 is 0 Å². The van der Waals surface area contributed by atoms with Crippen molar-refractivity contribution in [2.45, 2.75) is 6.92 Å². The molecule has 0 unspecified atom stereocenters. The van der Waals surface area contributed by atoms with Crippen LogP contribution in [0.15, 0.2) is 30.6 Å². The first-order valence-electron chi connectivity index (χ1n) is 4.52. The first kappa shape index (κ1) is 12.5. The van der Waals surface area contributed by atoms with E-state index in [1.54, 1.807) is 0 Å². The summed E-state index contributed by atoms with van der Waals surface area (Å²) in [5.41, 5.74) is -0.217. The van der Waals surface area contributed by atoms with Crippen LogP contribution in [-0.2, 0) is 4.79 Å². The number of imide groups is 1. The van der Waals surface area contributed by atoms with Crippen LogP contribution in [0.4, 0.5) is 5.69 Å². The van der Waals surface area contributed by atoms with Crippen molar-refractivity contribution >= 4 is 17.5 Å². The van der Waals surface area contributed by atoms with Crippen LogP contribution >= 0.6 is 0 Å². The second-order valence-electron chi connectivity index (χ2n) is 3.25. The summed E-state index contributed by atoms with van der Waals surface area (Å²) in [5.74, 6) is -1.39. The van der Waals surface area contributed by atoms with Crippen LogP contribution in [0.3, 0.4) is 0 Å². The Hall–Kier alpha value is -2.57. The van der Waals surface area contributed by atoms with Gasteiger partial charge in [0.1, 0.15) is 6.20 Å². The molecule has 0 radical (unpaired) electrons. The molecule has 0 aliphatic heterocycles. The monoisotopic (exact) mass is 235 g/mol. The van der Waals surface area contributed by atoms with Gasteiger partial charge in [0.25, 0.3) is 17.5 Å². The lowest BCUT2D eigenvalue weighted by molar-refractivity contribution is -0.385. The Morgan fingerprint density at radius 1 is 1.47 bits per heavy atom. The van der Waals surface area contributed by atoms with Crippen molar-refractivity contribution < 1.29 is 14.5 Å². The molecule has 0 atom stereocenters. The quantitative estimate of drug-likeness (QED) is 0.474. The first-order valence-corrected chi connectivity index (χ1v) is 4.52. The predicted octanol–water partition coefficient (Wildman–Crippen LogP) is 0.822. The molecule has 0 aliphatic carbocycles. The number of hydrogen-bond donors (Lipinski definition) is 1. The van der Waals surface area contributed by atoms with Gasteiger partial charge in [-0.05, 0) is 6.92 Å². The van der Waals surface area contributed by atoms with Crippen molar-refractivity contribution in [1.82, 2.24) is 10.3 Å². The molecular weight excluding hydrogens is 226 g/mol. The van der Waals surface area contributed by atoms with E-state index in [0.717, 1.165) is 18.5 Å². The molecule has 17 heavy (non-hydrogen) atoms. The molecule has 0 fully saturated rings. The van der Waals surface area contributed by atoms with Gasteiger partial charge in [-0.25, -0.2) is 0 Å². The summed E-state index contributed by atoms with van der Waals surface area (Å²) < 4.78 is 0. The standard InChI is InChI=1S/C10H9N3O4/c1-6(2)9(14)12-10(15)7-3-8(13(16)17)5-11-4-7/h3-5H,1H2,2H3,(H,12,14,15). The molecule has 1 rings (SSSR count). The van der Waals surface area contributed by atoms with Crippen LogP contribution in [0.5, 0.6) is 0 Å². The van der Waals surface area contributed by atoms with Crippen molar-refractivity contribution in [2.75, 3.05) is 0 Å². The van der Waals surface area contributed by atoms with Gasteiger partial charge in [0.15, 0.2) is 0 Å². The summed E-state index contributed by atoms with van der Waals surface area (Å²) >= 11 is 0. The molecule has 7 nitrogen and oxygen atoms in total. The topological polar surface area (TPSA) is 102 Å². The fourth-order valence-corrected chi connectivity index (χ4v) is 0.934. The number of carbonyl (C=O) groups excluding carboxylic acids is 2. The van der Waals surface area contributed by atoms with Gasteiger partial charge in [0, 0.05) is 17.8 Å². The van der Waals surface area contributed by atoms with Crippen LogP contribution in [0.2, 0.25) is 0 Å². The Balaban J connectivity index is 2.90. The number of pyridine rings is 1. The molecule has 0 spiro atoms. The van der Waals surface area contributed by atoms with Crippen molar-refractivity contribution in [1.29, 1.82) is 0 Å². The summed E-state index contributed by atoms with van der Waals surface area (Å²) in [6.45, 7) is 4.80. The van der Waals surface area contributed by atoms with Crippen LogP contribution in [0.1, 0.15) is 17.3 Å². The van der Waals surface area contributed by atoms with Gasteiger partial charge in [-0.1, -0.05) is 6.58 Å². The number of rotatable bonds is 3. The number of hydrogen-bond acceptors (Lipinski definition) is 5. The van der Waals surface area contributed by atoms with Gasteiger partial charge in [0.05, 0.1) is 10.5 Å². The van der Waals surface area contributed by atoms with E-state index in [9.17, 15) is 19.7 Å². The highest BCUT2D eigenvalue weighted by Crippen LogP contribution is 2.10. The molecular formula is C10H9N3O4. The lowest BCUT2D eigenvalue weighted by Gasteiger charge is -2.02. The fourth-order valence-electron chi connectivity index (χ4n) is 0.934. The Kier molecular flexibility index (Phi) is 3.66. The second kappa shape index (κ2) is 4.97. The van der Waals surface area contributed by atoms with Gasteiger partial charge < -0.3 is 0 Å². The van der Waals surface area contributed by atoms with Crippen LogP contribution < -0.4 is 5.32 Å². The molecule has 0 saturated heterocycles. The summed E-state index contributed by atoms with van der Waals surface area (Å²) in [6.07, 6.45) is 2.14. The Bertz CT molecular complexity index is 510. The summed E-state index contributed by atoms with van der Waals surface area (Å²) in [7, 11) is 0. The maximum absolute atomic E-state index is 11.5. The minimum absolute atomic E-state index is 0.0613. The molecule has 1 aromatic heterocycles. The van der Waals surface area contributed by atoms with Gasteiger partial charge in [-0.3, -0.25) is 30.0 Å². The third kappa shape index (κ3) is 3.20. The van der Waals surface area contributed by atoms with Crippen LogP contribution in [0.25, 0.3) is 0 Å². The Morgan fingerprint density at radius 2 is 2.12 bits per heavy atom. The maximum Gasteiger partial charge on any atom is 0.288 e. The molecule has 88 valence electrons. The highest BCUT2D eigenvalue weighted by Gasteiger charge is 2.14. The lowest BCUT2D eigenvalue weighted by atomic mass is 10.2. The molecule has 1 aromatic rings. The molecule has 1 heterocycles. The highest BCUT2D eigenvalue weighted by molar-refractivity contribution is 6.09. The molecule has 0 bridgehead atoms. The van der Waals surface area contributed by atoms with E-state index in [4.69, 9.17) is 0 Å². The van der Waals surface area contributed by atoms with E-state index < -0.39 is 16.7 Å². The third-order valence-electron chi connectivity index (χ3n) is 1.81. The van der Waals surface area contributed by atoms with Gasteiger partial charge in [-0.2, -0.15) is 0 Å². The Morgan fingerprint density at radius 3 is 2.65 bits per heavy atom. The Labute approximate surface area is 96.3 Å². The summed E-state index contributed by atoms with van der Waals surface area (Å²) in [5, 5.41) is 12.5. The zero-order valence-electron chi connectivity index (χ0n) is 8.97. The minimum atomic E-state index is -0.755. The smallest absolute Gasteiger partial charge is 0.288 e. The van der Waals surface area contributed by atoms with Gasteiger partial charge in [0.2, 0.25) is 0 Å². The molecule has 0 aromatic carbocycles. The molecule has 0 saturated carbocycles. The van der Waals surface area contributed by atoms with E-state index in [2.05, 4.69) is 11.6 Å². The largest absolute Gasteiger partial charge is 0.288 e. The lowest BCUT2D eigenvalue weighted by Crippen LogP contribution is -2.30. The summed E-state index contributed by atoms with van der Waals surface area (Å²) in [6, 6.07) is 1.04. The van der Waals surface area contributed by atoms with Gasteiger partial charge in [-0.15, -0.1) is 0 Å². The second-order valence-corrected chi connectivity index (χ2v) is 3.25.